The topological polar surface area (TPSA) is 12.0 Å². The van der Waals surface area contributed by atoms with E-state index in [-0.39, 0.29) is 0 Å². The molecule has 2 heterocycles. The molecule has 1 aliphatic rings. The van der Waals surface area contributed by atoms with Crippen LogP contribution >= 0.6 is 11.3 Å². The molecule has 0 spiro atoms. The van der Waals surface area contributed by atoms with Gasteiger partial charge in [-0.05, 0) is 30.5 Å². The van der Waals surface area contributed by atoms with Crippen LogP contribution in [0.2, 0.25) is 0 Å². The normalized spacial score (nSPS) is 19.4. The zero-order valence-electron chi connectivity index (χ0n) is 9.36. The standard InChI is InChI=1S/C14H15NS/c1-10-12-9-14(11-5-3-2-4-6-11)16-13(12)7-8-15-10/h2-6,9-10,15H,7-8H2,1H3. The van der Waals surface area contributed by atoms with Gasteiger partial charge in [0.25, 0.3) is 0 Å². The average molecular weight is 229 g/mol. The number of hydrogen-bond donors (Lipinski definition) is 1. The predicted molar refractivity (Wildman–Crippen MR) is 69.9 cm³/mol. The predicted octanol–water partition coefficient (Wildman–Crippen LogP) is 3.62. The minimum atomic E-state index is 0.512. The van der Waals surface area contributed by atoms with Crippen LogP contribution in [0.5, 0.6) is 0 Å². The second kappa shape index (κ2) is 4.04. The highest BCUT2D eigenvalue weighted by Gasteiger charge is 2.19. The fourth-order valence-electron chi connectivity index (χ4n) is 2.26. The van der Waals surface area contributed by atoms with E-state index < -0.39 is 0 Å². The summed E-state index contributed by atoms with van der Waals surface area (Å²) in [6.07, 6.45) is 1.18. The molecular formula is C14H15NS. The molecule has 0 aliphatic carbocycles. The van der Waals surface area contributed by atoms with Crippen molar-refractivity contribution in [3.63, 3.8) is 0 Å². The first-order valence-electron chi connectivity index (χ1n) is 5.76. The molecule has 1 aromatic carbocycles. The highest BCUT2D eigenvalue weighted by Crippen LogP contribution is 2.36. The Hall–Kier alpha value is -1.12. The molecule has 0 saturated heterocycles. The Kier molecular flexibility index (Phi) is 2.54. The van der Waals surface area contributed by atoms with Gasteiger partial charge in [0.15, 0.2) is 0 Å². The Morgan fingerprint density at radius 3 is 2.81 bits per heavy atom. The first-order chi connectivity index (χ1) is 7.84. The maximum atomic E-state index is 3.51. The van der Waals surface area contributed by atoms with Gasteiger partial charge in [-0.1, -0.05) is 30.3 Å². The monoisotopic (exact) mass is 229 g/mol. The minimum Gasteiger partial charge on any atom is -0.310 e. The van der Waals surface area contributed by atoms with Crippen molar-refractivity contribution < 1.29 is 0 Å². The van der Waals surface area contributed by atoms with E-state index in [1.165, 1.54) is 22.4 Å². The number of benzene rings is 1. The van der Waals surface area contributed by atoms with E-state index in [1.54, 1.807) is 4.88 Å². The van der Waals surface area contributed by atoms with E-state index in [0.717, 1.165) is 6.54 Å². The number of thiophene rings is 1. The zero-order valence-corrected chi connectivity index (χ0v) is 10.2. The quantitative estimate of drug-likeness (QED) is 0.787. The van der Waals surface area contributed by atoms with Gasteiger partial charge < -0.3 is 5.32 Å². The first-order valence-corrected chi connectivity index (χ1v) is 6.57. The highest BCUT2D eigenvalue weighted by molar-refractivity contribution is 7.15. The van der Waals surface area contributed by atoms with Gasteiger partial charge in [0.2, 0.25) is 0 Å². The Morgan fingerprint density at radius 1 is 1.25 bits per heavy atom. The third-order valence-electron chi connectivity index (χ3n) is 3.17. The molecule has 0 fully saturated rings. The summed E-state index contributed by atoms with van der Waals surface area (Å²) in [5, 5.41) is 3.51. The summed E-state index contributed by atoms with van der Waals surface area (Å²) in [7, 11) is 0. The van der Waals surface area contributed by atoms with Crippen LogP contribution in [-0.2, 0) is 6.42 Å². The zero-order chi connectivity index (χ0) is 11.0. The fourth-order valence-corrected chi connectivity index (χ4v) is 3.52. The van der Waals surface area contributed by atoms with Crippen LogP contribution in [0.4, 0.5) is 0 Å². The van der Waals surface area contributed by atoms with E-state index >= 15 is 0 Å². The molecule has 0 radical (unpaired) electrons. The Morgan fingerprint density at radius 2 is 2.06 bits per heavy atom. The lowest BCUT2D eigenvalue weighted by Crippen LogP contribution is -2.26. The molecule has 0 saturated carbocycles. The molecule has 82 valence electrons. The summed E-state index contributed by atoms with van der Waals surface area (Å²) < 4.78 is 0. The number of hydrogen-bond acceptors (Lipinski definition) is 2. The Labute approximate surface area is 100 Å². The van der Waals surface area contributed by atoms with Gasteiger partial charge in [-0.2, -0.15) is 0 Å². The molecule has 1 aromatic heterocycles. The van der Waals surface area contributed by atoms with Crippen LogP contribution in [0.25, 0.3) is 10.4 Å². The maximum absolute atomic E-state index is 3.51. The lowest BCUT2D eigenvalue weighted by molar-refractivity contribution is 0.547. The molecule has 1 unspecified atom stereocenters. The van der Waals surface area contributed by atoms with E-state index in [9.17, 15) is 0 Å². The van der Waals surface area contributed by atoms with Crippen LogP contribution in [0, 0.1) is 0 Å². The van der Waals surface area contributed by atoms with Crippen molar-refractivity contribution in [1.29, 1.82) is 0 Å². The molecule has 1 nitrogen and oxygen atoms in total. The van der Waals surface area contributed by atoms with Crippen molar-refractivity contribution in [2.75, 3.05) is 6.54 Å². The van der Waals surface area contributed by atoms with Crippen molar-refractivity contribution in [1.82, 2.24) is 5.32 Å². The minimum absolute atomic E-state index is 0.512. The van der Waals surface area contributed by atoms with Gasteiger partial charge in [-0.15, -0.1) is 11.3 Å². The molecule has 0 amide bonds. The Balaban J connectivity index is 2.05. The summed E-state index contributed by atoms with van der Waals surface area (Å²) in [5.41, 5.74) is 2.84. The Bertz CT molecular complexity index is 487. The number of fused-ring (bicyclic) bond motifs is 1. The van der Waals surface area contributed by atoms with Gasteiger partial charge >= 0.3 is 0 Å². The molecular weight excluding hydrogens is 214 g/mol. The average Bonchev–Trinajstić information content (AvgIpc) is 2.76. The van der Waals surface area contributed by atoms with Crippen LogP contribution < -0.4 is 5.32 Å². The van der Waals surface area contributed by atoms with E-state index in [4.69, 9.17) is 0 Å². The maximum Gasteiger partial charge on any atom is 0.0349 e. The molecule has 1 aliphatic heterocycles. The second-order valence-electron chi connectivity index (χ2n) is 4.28. The third-order valence-corrected chi connectivity index (χ3v) is 4.43. The molecule has 2 aromatic rings. The van der Waals surface area contributed by atoms with Crippen molar-refractivity contribution in [3.05, 3.63) is 46.8 Å². The van der Waals surface area contributed by atoms with Gasteiger partial charge in [0.1, 0.15) is 0 Å². The van der Waals surface area contributed by atoms with E-state index in [1.807, 2.05) is 11.3 Å². The van der Waals surface area contributed by atoms with Gasteiger partial charge in [-0.25, -0.2) is 0 Å². The first kappa shape index (κ1) is 10.1. The SMILES string of the molecule is CC1NCCc2sc(-c3ccccc3)cc21. The molecule has 1 atom stereocenters. The summed E-state index contributed by atoms with van der Waals surface area (Å²) in [6.45, 7) is 3.36. The highest BCUT2D eigenvalue weighted by atomic mass is 32.1. The number of nitrogens with one attached hydrogen (secondary N) is 1. The number of rotatable bonds is 1. The van der Waals surface area contributed by atoms with E-state index in [2.05, 4.69) is 48.6 Å². The molecule has 2 heteroatoms. The summed E-state index contributed by atoms with van der Waals surface area (Å²) in [4.78, 5) is 2.96. The molecule has 16 heavy (non-hydrogen) atoms. The van der Waals surface area contributed by atoms with Crippen LogP contribution in [0.15, 0.2) is 36.4 Å². The smallest absolute Gasteiger partial charge is 0.0349 e. The largest absolute Gasteiger partial charge is 0.310 e. The van der Waals surface area contributed by atoms with Crippen LogP contribution in [-0.4, -0.2) is 6.54 Å². The van der Waals surface area contributed by atoms with Crippen molar-refractivity contribution in [3.8, 4) is 10.4 Å². The van der Waals surface area contributed by atoms with Crippen molar-refractivity contribution in [2.24, 2.45) is 0 Å². The summed E-state index contributed by atoms with van der Waals surface area (Å²) in [6, 6.07) is 13.5. The van der Waals surface area contributed by atoms with E-state index in [0.29, 0.717) is 6.04 Å². The second-order valence-corrected chi connectivity index (χ2v) is 5.42. The summed E-state index contributed by atoms with van der Waals surface area (Å²) in [5.74, 6) is 0. The van der Waals surface area contributed by atoms with Gasteiger partial charge in [-0.3, -0.25) is 0 Å². The lowest BCUT2D eigenvalue weighted by atomic mass is 10.0. The van der Waals surface area contributed by atoms with Gasteiger partial charge in [0.05, 0.1) is 0 Å². The van der Waals surface area contributed by atoms with Gasteiger partial charge in [0, 0.05) is 22.3 Å². The lowest BCUT2D eigenvalue weighted by Gasteiger charge is -2.19. The molecule has 3 rings (SSSR count). The van der Waals surface area contributed by atoms with Crippen molar-refractivity contribution >= 4 is 11.3 Å². The van der Waals surface area contributed by atoms with Crippen LogP contribution in [0.1, 0.15) is 23.4 Å². The van der Waals surface area contributed by atoms with Crippen molar-refractivity contribution in [2.45, 2.75) is 19.4 Å². The molecule has 1 N–H and O–H groups in total. The van der Waals surface area contributed by atoms with Crippen LogP contribution in [0.3, 0.4) is 0 Å². The fraction of sp³-hybridized carbons (Fsp3) is 0.286. The molecule has 0 bridgehead atoms. The summed E-state index contributed by atoms with van der Waals surface area (Å²) >= 11 is 1.95. The third kappa shape index (κ3) is 1.68.